The summed E-state index contributed by atoms with van der Waals surface area (Å²) in [5, 5.41) is 0. The zero-order valence-electron chi connectivity index (χ0n) is 9.00. The summed E-state index contributed by atoms with van der Waals surface area (Å²) in [5.41, 5.74) is 2.05. The third-order valence-corrected chi connectivity index (χ3v) is 3.40. The molecule has 16 heavy (non-hydrogen) atoms. The van der Waals surface area contributed by atoms with Crippen LogP contribution >= 0.6 is 16.1 Å². The first kappa shape index (κ1) is 11.3. The van der Waals surface area contributed by atoms with E-state index in [1.54, 1.807) is 6.07 Å². The van der Waals surface area contributed by atoms with Gasteiger partial charge in [0, 0.05) is 0 Å². The summed E-state index contributed by atoms with van der Waals surface area (Å²) < 4.78 is 1.01. The van der Waals surface area contributed by atoms with Crippen LogP contribution in [0.2, 0.25) is 0 Å². The minimum absolute atomic E-state index is 0.244. The van der Waals surface area contributed by atoms with Crippen LogP contribution in [0.5, 0.6) is 0 Å². The Labute approximate surface area is 103 Å². The average molecular weight is 282 g/mol. The highest BCUT2D eigenvalue weighted by atomic mass is 79.9. The van der Waals surface area contributed by atoms with E-state index in [9.17, 15) is 9.59 Å². The lowest BCUT2D eigenvalue weighted by molar-refractivity contribution is 0.0785. The molecule has 3 nitrogen and oxygen atoms in total. The van der Waals surface area contributed by atoms with Gasteiger partial charge in [-0.3, -0.25) is 9.59 Å². The van der Waals surface area contributed by atoms with Gasteiger partial charge in [0.25, 0.3) is 11.8 Å². The van der Waals surface area contributed by atoms with Crippen molar-refractivity contribution in [3.63, 3.8) is 0 Å². The number of unbranched alkanes of at least 4 members (excludes halogenated alkanes) is 1. The van der Waals surface area contributed by atoms with Gasteiger partial charge in [-0.05, 0) is 24.5 Å². The number of carbonyl (C=O) groups is 2. The van der Waals surface area contributed by atoms with Crippen LogP contribution in [0, 0.1) is 0 Å². The Balaban J connectivity index is 2.45. The van der Waals surface area contributed by atoms with Crippen LogP contribution < -0.4 is 0 Å². The summed E-state index contributed by atoms with van der Waals surface area (Å²) in [4.78, 5) is 23.5. The molecule has 4 heteroatoms. The SMILES string of the molecule is CCCCc1cccc2c1C(=O)N(Br)C2=O. The maximum Gasteiger partial charge on any atom is 0.272 e. The van der Waals surface area contributed by atoms with E-state index >= 15 is 0 Å². The molecule has 2 amide bonds. The number of carbonyl (C=O) groups excluding carboxylic acids is 2. The van der Waals surface area contributed by atoms with E-state index in [-0.39, 0.29) is 11.8 Å². The van der Waals surface area contributed by atoms with Crippen molar-refractivity contribution in [1.29, 1.82) is 0 Å². The number of hydrogen-bond donors (Lipinski definition) is 0. The number of aryl methyl sites for hydroxylation is 1. The van der Waals surface area contributed by atoms with E-state index in [1.807, 2.05) is 12.1 Å². The van der Waals surface area contributed by atoms with Crippen molar-refractivity contribution in [2.75, 3.05) is 0 Å². The molecule has 0 saturated heterocycles. The van der Waals surface area contributed by atoms with Gasteiger partial charge in [-0.15, -0.1) is 0 Å². The first-order valence-corrected chi connectivity index (χ1v) is 6.04. The summed E-state index contributed by atoms with van der Waals surface area (Å²) in [5.74, 6) is -0.509. The molecule has 0 aliphatic carbocycles. The molecule has 84 valence electrons. The molecule has 0 bridgehead atoms. The fourth-order valence-corrected chi connectivity index (χ4v) is 2.27. The van der Waals surface area contributed by atoms with Gasteiger partial charge in [-0.2, -0.15) is 0 Å². The van der Waals surface area contributed by atoms with Gasteiger partial charge in [0.1, 0.15) is 0 Å². The predicted octanol–water partition coefficient (Wildman–Crippen LogP) is 2.94. The smallest absolute Gasteiger partial charge is 0.268 e. The molecule has 1 aliphatic heterocycles. The number of benzene rings is 1. The van der Waals surface area contributed by atoms with Crippen molar-refractivity contribution < 1.29 is 9.59 Å². The predicted molar refractivity (Wildman–Crippen MR) is 64.5 cm³/mol. The maximum absolute atomic E-state index is 11.8. The van der Waals surface area contributed by atoms with Gasteiger partial charge >= 0.3 is 0 Å². The van der Waals surface area contributed by atoms with Gasteiger partial charge in [0.15, 0.2) is 0 Å². The number of rotatable bonds is 3. The van der Waals surface area contributed by atoms with E-state index in [0.717, 1.165) is 28.8 Å². The van der Waals surface area contributed by atoms with Gasteiger partial charge in [-0.1, -0.05) is 25.5 Å². The lowest BCUT2D eigenvalue weighted by Crippen LogP contribution is -2.17. The number of hydrogen-bond acceptors (Lipinski definition) is 2. The zero-order valence-corrected chi connectivity index (χ0v) is 10.6. The zero-order chi connectivity index (χ0) is 11.7. The summed E-state index contributed by atoms with van der Waals surface area (Å²) >= 11 is 2.99. The summed E-state index contributed by atoms with van der Waals surface area (Å²) in [6.07, 6.45) is 2.95. The Bertz CT molecular complexity index is 456. The topological polar surface area (TPSA) is 37.4 Å². The molecule has 0 atom stereocenters. The normalized spacial score (nSPS) is 14.5. The molecule has 0 fully saturated rings. The molecular formula is C12H12BrNO2. The van der Waals surface area contributed by atoms with E-state index in [1.165, 1.54) is 0 Å². The fourth-order valence-electron chi connectivity index (χ4n) is 1.90. The van der Waals surface area contributed by atoms with Crippen molar-refractivity contribution in [1.82, 2.24) is 3.93 Å². The van der Waals surface area contributed by atoms with Crippen LogP contribution in [0.25, 0.3) is 0 Å². The first-order chi connectivity index (χ1) is 7.66. The average Bonchev–Trinajstić information content (AvgIpc) is 2.53. The molecule has 0 N–H and O–H groups in total. The third kappa shape index (κ3) is 1.67. The van der Waals surface area contributed by atoms with Crippen LogP contribution in [0.1, 0.15) is 46.0 Å². The largest absolute Gasteiger partial charge is 0.272 e. The lowest BCUT2D eigenvalue weighted by Gasteiger charge is -2.04. The van der Waals surface area contributed by atoms with Crippen molar-refractivity contribution in [3.05, 3.63) is 34.9 Å². The van der Waals surface area contributed by atoms with Crippen molar-refractivity contribution in [3.8, 4) is 0 Å². The molecule has 1 aromatic carbocycles. The highest BCUT2D eigenvalue weighted by Gasteiger charge is 2.35. The Morgan fingerprint density at radius 2 is 2.00 bits per heavy atom. The fraction of sp³-hybridized carbons (Fsp3) is 0.333. The molecule has 1 aliphatic rings. The molecule has 1 aromatic rings. The van der Waals surface area contributed by atoms with E-state index in [0.29, 0.717) is 11.1 Å². The third-order valence-electron chi connectivity index (χ3n) is 2.75. The van der Waals surface area contributed by atoms with Crippen LogP contribution in [-0.4, -0.2) is 15.7 Å². The van der Waals surface area contributed by atoms with Crippen LogP contribution in [0.15, 0.2) is 18.2 Å². The quantitative estimate of drug-likeness (QED) is 0.631. The molecule has 0 unspecified atom stereocenters. The minimum atomic E-state index is -0.265. The first-order valence-electron chi connectivity index (χ1n) is 5.33. The summed E-state index contributed by atoms with van der Waals surface area (Å²) in [7, 11) is 0. The maximum atomic E-state index is 11.8. The monoisotopic (exact) mass is 281 g/mol. The molecule has 1 heterocycles. The number of imide groups is 1. The number of halogens is 1. The van der Waals surface area contributed by atoms with Gasteiger partial charge < -0.3 is 0 Å². The highest BCUT2D eigenvalue weighted by Crippen LogP contribution is 2.28. The van der Waals surface area contributed by atoms with Crippen molar-refractivity contribution in [2.24, 2.45) is 0 Å². The molecule has 0 radical (unpaired) electrons. The number of fused-ring (bicyclic) bond motifs is 1. The molecule has 0 aromatic heterocycles. The lowest BCUT2D eigenvalue weighted by atomic mass is 9.99. The van der Waals surface area contributed by atoms with E-state index < -0.39 is 0 Å². The second-order valence-electron chi connectivity index (χ2n) is 3.83. The Morgan fingerprint density at radius 3 is 2.69 bits per heavy atom. The molecule has 0 spiro atoms. The van der Waals surface area contributed by atoms with Crippen LogP contribution in [0.4, 0.5) is 0 Å². The molecule has 0 saturated carbocycles. The molecule has 2 rings (SSSR count). The summed E-state index contributed by atoms with van der Waals surface area (Å²) in [6, 6.07) is 5.46. The van der Waals surface area contributed by atoms with Gasteiger partial charge in [0.2, 0.25) is 0 Å². The second-order valence-corrected chi connectivity index (χ2v) is 4.54. The second kappa shape index (κ2) is 4.37. The van der Waals surface area contributed by atoms with E-state index in [4.69, 9.17) is 0 Å². The Morgan fingerprint density at radius 1 is 1.25 bits per heavy atom. The standard InChI is InChI=1S/C12H12BrNO2/c1-2-3-5-8-6-4-7-9-10(8)12(16)14(13)11(9)15/h4,6-7H,2-3,5H2,1H3. The highest BCUT2D eigenvalue weighted by molar-refractivity contribution is 9.08. The van der Waals surface area contributed by atoms with Gasteiger partial charge in [-0.25, -0.2) is 3.93 Å². The Hall–Kier alpha value is -1.16. The van der Waals surface area contributed by atoms with Crippen LogP contribution in [0.3, 0.4) is 0 Å². The van der Waals surface area contributed by atoms with Crippen molar-refractivity contribution >= 4 is 28.0 Å². The van der Waals surface area contributed by atoms with Gasteiger partial charge in [0.05, 0.1) is 27.3 Å². The number of nitrogens with zero attached hydrogens (tertiary/aromatic N) is 1. The summed E-state index contributed by atoms with van der Waals surface area (Å²) in [6.45, 7) is 2.10. The van der Waals surface area contributed by atoms with Crippen molar-refractivity contribution in [2.45, 2.75) is 26.2 Å². The molecular weight excluding hydrogens is 270 g/mol. The number of amides is 2. The van der Waals surface area contributed by atoms with Crippen LogP contribution in [-0.2, 0) is 6.42 Å². The van der Waals surface area contributed by atoms with E-state index in [2.05, 4.69) is 23.1 Å². The minimum Gasteiger partial charge on any atom is -0.268 e. The Kier molecular flexibility index (Phi) is 3.10.